The number of urea groups is 1. The summed E-state index contributed by atoms with van der Waals surface area (Å²) in [4.78, 5) is 17.4. The maximum Gasteiger partial charge on any atom is 0.316 e. The van der Waals surface area contributed by atoms with Gasteiger partial charge in [-0.05, 0) is 17.7 Å². The standard InChI is InChI=1S/C10H11N5O/c11-9-13-5-8(15-9)6-1-3-7(4-2-6)14-10(12)16/h1-5H,(H3,11,13,15)(H3,12,14,16). The summed E-state index contributed by atoms with van der Waals surface area (Å²) in [7, 11) is 0. The molecule has 0 spiro atoms. The van der Waals surface area contributed by atoms with E-state index in [1.54, 1.807) is 18.3 Å². The Morgan fingerprint density at radius 2 is 2.00 bits per heavy atom. The minimum Gasteiger partial charge on any atom is -0.369 e. The molecule has 6 nitrogen and oxygen atoms in total. The van der Waals surface area contributed by atoms with E-state index in [9.17, 15) is 4.79 Å². The molecular weight excluding hydrogens is 206 g/mol. The molecule has 0 atom stereocenters. The Morgan fingerprint density at radius 3 is 2.50 bits per heavy atom. The fourth-order valence-corrected chi connectivity index (χ4v) is 1.36. The van der Waals surface area contributed by atoms with Crippen LogP contribution in [0.15, 0.2) is 30.5 Å². The van der Waals surface area contributed by atoms with E-state index in [0.717, 1.165) is 11.3 Å². The molecule has 2 rings (SSSR count). The normalized spacial score (nSPS) is 10.0. The summed E-state index contributed by atoms with van der Waals surface area (Å²) in [5.41, 5.74) is 12.9. The second-order valence-corrected chi connectivity index (χ2v) is 3.25. The zero-order chi connectivity index (χ0) is 11.5. The minimum atomic E-state index is -0.585. The number of nitrogens with one attached hydrogen (secondary N) is 2. The molecule has 2 aromatic rings. The number of nitrogens with two attached hydrogens (primary N) is 2. The van der Waals surface area contributed by atoms with Crippen molar-refractivity contribution in [2.75, 3.05) is 11.1 Å². The molecule has 1 aromatic heterocycles. The van der Waals surface area contributed by atoms with Crippen molar-refractivity contribution < 1.29 is 4.79 Å². The molecular formula is C10H11N5O. The van der Waals surface area contributed by atoms with Crippen molar-refractivity contribution >= 4 is 17.7 Å². The first-order valence-corrected chi connectivity index (χ1v) is 4.62. The van der Waals surface area contributed by atoms with Gasteiger partial charge in [-0.3, -0.25) is 0 Å². The largest absolute Gasteiger partial charge is 0.369 e. The van der Waals surface area contributed by atoms with E-state index in [0.29, 0.717) is 11.6 Å². The van der Waals surface area contributed by atoms with Crippen molar-refractivity contribution in [2.45, 2.75) is 0 Å². The van der Waals surface area contributed by atoms with E-state index < -0.39 is 6.03 Å². The second kappa shape index (κ2) is 3.93. The Kier molecular flexibility index (Phi) is 2.47. The summed E-state index contributed by atoms with van der Waals surface area (Å²) in [5.74, 6) is 0.370. The van der Waals surface area contributed by atoms with Gasteiger partial charge in [-0.1, -0.05) is 12.1 Å². The first-order chi connectivity index (χ1) is 7.65. The molecule has 0 aliphatic rings. The van der Waals surface area contributed by atoms with E-state index in [-0.39, 0.29) is 0 Å². The molecule has 6 heteroatoms. The van der Waals surface area contributed by atoms with Crippen molar-refractivity contribution in [1.29, 1.82) is 0 Å². The van der Waals surface area contributed by atoms with Gasteiger partial charge in [-0.15, -0.1) is 0 Å². The number of imidazole rings is 1. The number of aromatic amines is 1. The van der Waals surface area contributed by atoms with E-state index in [2.05, 4.69) is 15.3 Å². The number of hydrogen-bond acceptors (Lipinski definition) is 3. The highest BCUT2D eigenvalue weighted by Gasteiger charge is 2.01. The predicted octanol–water partition coefficient (Wildman–Crippen LogP) is 1.15. The van der Waals surface area contributed by atoms with Gasteiger partial charge >= 0.3 is 6.03 Å². The molecule has 2 amide bonds. The van der Waals surface area contributed by atoms with Gasteiger partial charge in [-0.25, -0.2) is 9.78 Å². The molecule has 1 heterocycles. The van der Waals surface area contributed by atoms with Gasteiger partial charge in [0.05, 0.1) is 11.9 Å². The van der Waals surface area contributed by atoms with Crippen molar-refractivity contribution in [1.82, 2.24) is 9.97 Å². The van der Waals surface area contributed by atoms with Gasteiger partial charge in [-0.2, -0.15) is 0 Å². The zero-order valence-electron chi connectivity index (χ0n) is 8.40. The van der Waals surface area contributed by atoms with Gasteiger partial charge in [0.2, 0.25) is 0 Å². The quantitative estimate of drug-likeness (QED) is 0.605. The number of amides is 2. The van der Waals surface area contributed by atoms with Crippen LogP contribution in [0.2, 0.25) is 0 Å². The highest BCUT2D eigenvalue weighted by atomic mass is 16.2. The van der Waals surface area contributed by atoms with E-state index in [4.69, 9.17) is 11.5 Å². The third-order valence-electron chi connectivity index (χ3n) is 2.06. The van der Waals surface area contributed by atoms with Gasteiger partial charge in [0.1, 0.15) is 0 Å². The highest BCUT2D eigenvalue weighted by Crippen LogP contribution is 2.19. The van der Waals surface area contributed by atoms with Crippen LogP contribution in [0.3, 0.4) is 0 Å². The van der Waals surface area contributed by atoms with Crippen LogP contribution in [0.25, 0.3) is 11.3 Å². The lowest BCUT2D eigenvalue weighted by Gasteiger charge is -2.02. The average Bonchev–Trinajstić information content (AvgIpc) is 2.65. The lowest BCUT2D eigenvalue weighted by atomic mass is 10.1. The highest BCUT2D eigenvalue weighted by molar-refractivity contribution is 5.88. The first kappa shape index (κ1) is 10.0. The van der Waals surface area contributed by atoms with Crippen LogP contribution >= 0.6 is 0 Å². The Bertz CT molecular complexity index is 502. The van der Waals surface area contributed by atoms with E-state index in [1.807, 2.05) is 12.1 Å². The third-order valence-corrected chi connectivity index (χ3v) is 2.06. The fraction of sp³-hybridized carbons (Fsp3) is 0. The summed E-state index contributed by atoms with van der Waals surface area (Å²) in [6, 6.07) is 6.57. The lowest BCUT2D eigenvalue weighted by Crippen LogP contribution is -2.19. The molecule has 0 saturated heterocycles. The van der Waals surface area contributed by atoms with Crippen LogP contribution in [-0.2, 0) is 0 Å². The number of carbonyl (C=O) groups excluding carboxylic acids is 1. The molecule has 16 heavy (non-hydrogen) atoms. The molecule has 82 valence electrons. The lowest BCUT2D eigenvalue weighted by molar-refractivity contribution is 0.259. The minimum absolute atomic E-state index is 0.370. The van der Waals surface area contributed by atoms with Gasteiger partial charge in [0, 0.05) is 5.69 Å². The molecule has 0 aliphatic heterocycles. The van der Waals surface area contributed by atoms with Crippen LogP contribution < -0.4 is 16.8 Å². The monoisotopic (exact) mass is 217 g/mol. The molecule has 0 bridgehead atoms. The van der Waals surface area contributed by atoms with E-state index in [1.165, 1.54) is 0 Å². The Labute approximate surface area is 91.7 Å². The Balaban J connectivity index is 2.22. The molecule has 6 N–H and O–H groups in total. The molecule has 1 aromatic carbocycles. The SMILES string of the molecule is NC(=O)Nc1ccc(-c2cnc(N)[nH]2)cc1. The number of aromatic nitrogens is 2. The Morgan fingerprint density at radius 1 is 1.31 bits per heavy atom. The van der Waals surface area contributed by atoms with Crippen molar-refractivity contribution in [3.8, 4) is 11.3 Å². The smallest absolute Gasteiger partial charge is 0.316 e. The summed E-state index contributed by atoms with van der Waals surface area (Å²) in [5, 5.41) is 2.48. The van der Waals surface area contributed by atoms with Gasteiger partial charge in [0.25, 0.3) is 0 Å². The number of carbonyl (C=O) groups is 1. The van der Waals surface area contributed by atoms with Crippen LogP contribution in [0, 0.1) is 0 Å². The van der Waals surface area contributed by atoms with Crippen LogP contribution in [-0.4, -0.2) is 16.0 Å². The van der Waals surface area contributed by atoms with Gasteiger partial charge < -0.3 is 21.8 Å². The van der Waals surface area contributed by atoms with Crippen molar-refractivity contribution in [3.05, 3.63) is 30.5 Å². The average molecular weight is 217 g/mol. The predicted molar refractivity (Wildman–Crippen MR) is 61.6 cm³/mol. The number of nitrogens with zero attached hydrogens (tertiary/aromatic N) is 1. The number of nitrogen functional groups attached to an aromatic ring is 1. The van der Waals surface area contributed by atoms with Crippen LogP contribution in [0.5, 0.6) is 0 Å². The summed E-state index contributed by atoms with van der Waals surface area (Å²) >= 11 is 0. The van der Waals surface area contributed by atoms with Crippen molar-refractivity contribution in [2.24, 2.45) is 5.73 Å². The van der Waals surface area contributed by atoms with Crippen LogP contribution in [0.1, 0.15) is 0 Å². The number of anilines is 2. The van der Waals surface area contributed by atoms with E-state index >= 15 is 0 Å². The molecule has 0 unspecified atom stereocenters. The molecule has 0 saturated carbocycles. The Hall–Kier alpha value is -2.50. The topological polar surface area (TPSA) is 110 Å². The molecule has 0 radical (unpaired) electrons. The number of primary amides is 1. The summed E-state index contributed by atoms with van der Waals surface area (Å²) in [6.07, 6.45) is 1.64. The van der Waals surface area contributed by atoms with Gasteiger partial charge in [0.15, 0.2) is 5.95 Å². The summed E-state index contributed by atoms with van der Waals surface area (Å²) < 4.78 is 0. The number of rotatable bonds is 2. The van der Waals surface area contributed by atoms with Crippen molar-refractivity contribution in [3.63, 3.8) is 0 Å². The number of hydrogen-bond donors (Lipinski definition) is 4. The van der Waals surface area contributed by atoms with Crippen LogP contribution in [0.4, 0.5) is 16.4 Å². The third kappa shape index (κ3) is 2.11. The molecule has 0 aliphatic carbocycles. The summed E-state index contributed by atoms with van der Waals surface area (Å²) in [6.45, 7) is 0. The second-order valence-electron chi connectivity index (χ2n) is 3.25. The maximum atomic E-state index is 10.6. The first-order valence-electron chi connectivity index (χ1n) is 4.62. The zero-order valence-corrected chi connectivity index (χ0v) is 8.40. The fourth-order valence-electron chi connectivity index (χ4n) is 1.36. The number of H-pyrrole nitrogens is 1. The maximum absolute atomic E-state index is 10.6. The molecule has 0 fully saturated rings. The number of benzene rings is 1.